The molecule has 1 fully saturated rings. The molecule has 1 aromatic heterocycles. The number of esters is 1. The summed E-state index contributed by atoms with van der Waals surface area (Å²) in [5, 5.41) is 40.2. The van der Waals surface area contributed by atoms with Crippen molar-refractivity contribution in [2.24, 2.45) is 0 Å². The average molecular weight is 555 g/mol. The van der Waals surface area contributed by atoms with Crippen molar-refractivity contribution in [1.82, 2.24) is 9.97 Å². The molecule has 0 spiro atoms. The smallest absolute Gasteiger partial charge is 0.353 e. The molecule has 6 atom stereocenters. The number of carbonyl (C=O) groups is 2. The normalized spacial score (nSPS) is 23.7. The third kappa shape index (κ3) is 5.67. The highest BCUT2D eigenvalue weighted by Gasteiger charge is 2.53. The van der Waals surface area contributed by atoms with Crippen LogP contribution in [0.1, 0.15) is 22.5 Å². The molecule has 4 N–H and O–H groups in total. The molecular formula is C28H30N2O10. The van der Waals surface area contributed by atoms with Crippen LogP contribution in [0.3, 0.4) is 0 Å². The van der Waals surface area contributed by atoms with Crippen LogP contribution < -0.4 is 4.74 Å². The predicted molar refractivity (Wildman–Crippen MR) is 137 cm³/mol. The molecule has 12 nitrogen and oxygen atoms in total. The molecule has 3 aromatic rings. The maximum absolute atomic E-state index is 14.0. The number of aliphatic carboxylic acids is 1. The number of aliphatic hydroxyl groups is 3. The van der Waals surface area contributed by atoms with Crippen molar-refractivity contribution in [2.75, 3.05) is 7.11 Å². The molecule has 12 heteroatoms. The van der Waals surface area contributed by atoms with Gasteiger partial charge in [0.1, 0.15) is 18.3 Å². The van der Waals surface area contributed by atoms with Crippen molar-refractivity contribution in [2.45, 2.75) is 56.3 Å². The molecule has 1 aliphatic heterocycles. The molecule has 40 heavy (non-hydrogen) atoms. The molecule has 5 unspecified atom stereocenters. The average Bonchev–Trinajstić information content (AvgIpc) is 2.94. The molecule has 0 aliphatic carbocycles. The number of hydrogen-bond donors (Lipinski definition) is 4. The van der Waals surface area contributed by atoms with E-state index in [9.17, 15) is 30.0 Å². The number of aryl methyl sites for hydroxylation is 2. The van der Waals surface area contributed by atoms with Gasteiger partial charge < -0.3 is 39.4 Å². The third-order valence-electron chi connectivity index (χ3n) is 6.54. The second kappa shape index (κ2) is 12.1. The fraction of sp³-hybridized carbons (Fsp3) is 0.357. The topological polar surface area (TPSA) is 178 Å². The number of ether oxygens (including phenoxy) is 4. The van der Waals surface area contributed by atoms with Crippen molar-refractivity contribution >= 4 is 11.9 Å². The van der Waals surface area contributed by atoms with E-state index in [0.29, 0.717) is 22.5 Å². The Morgan fingerprint density at radius 1 is 0.875 bits per heavy atom. The molecule has 2 aromatic carbocycles. The first-order chi connectivity index (χ1) is 19.1. The van der Waals surface area contributed by atoms with E-state index in [-0.39, 0.29) is 6.01 Å². The summed E-state index contributed by atoms with van der Waals surface area (Å²) >= 11 is 0. The molecular weight excluding hydrogens is 524 g/mol. The van der Waals surface area contributed by atoms with Crippen LogP contribution in [0, 0.1) is 13.8 Å². The Kier molecular flexibility index (Phi) is 8.76. The second-order valence-electron chi connectivity index (χ2n) is 9.27. The Morgan fingerprint density at radius 3 is 1.88 bits per heavy atom. The summed E-state index contributed by atoms with van der Waals surface area (Å²) < 4.78 is 22.8. The van der Waals surface area contributed by atoms with Gasteiger partial charge in [-0.1, -0.05) is 60.7 Å². The van der Waals surface area contributed by atoms with Crippen LogP contribution in [-0.4, -0.2) is 86.3 Å². The van der Waals surface area contributed by atoms with Crippen molar-refractivity contribution in [3.8, 4) is 6.01 Å². The number of hydrogen-bond acceptors (Lipinski definition) is 11. The Balaban J connectivity index is 1.83. The lowest BCUT2D eigenvalue weighted by molar-refractivity contribution is -0.289. The Bertz CT molecular complexity index is 1260. The summed E-state index contributed by atoms with van der Waals surface area (Å²) in [4.78, 5) is 34.1. The van der Waals surface area contributed by atoms with Crippen LogP contribution in [0.5, 0.6) is 6.01 Å². The maximum atomic E-state index is 14.0. The molecule has 1 saturated heterocycles. The van der Waals surface area contributed by atoms with Crippen LogP contribution in [0.25, 0.3) is 0 Å². The molecule has 0 bridgehead atoms. The van der Waals surface area contributed by atoms with Gasteiger partial charge in [0.25, 0.3) is 0 Å². The fourth-order valence-electron chi connectivity index (χ4n) is 4.66. The van der Waals surface area contributed by atoms with Crippen LogP contribution in [0.4, 0.5) is 0 Å². The second-order valence-corrected chi connectivity index (χ2v) is 9.27. The largest absolute Gasteiger partial charge is 0.479 e. The van der Waals surface area contributed by atoms with E-state index in [1.165, 1.54) is 7.11 Å². The quantitative estimate of drug-likeness (QED) is 0.275. The molecule has 0 amide bonds. The number of benzene rings is 2. The van der Waals surface area contributed by atoms with Gasteiger partial charge in [0.2, 0.25) is 12.4 Å². The Hall–Kier alpha value is -3.94. The number of rotatable bonds is 9. The summed E-state index contributed by atoms with van der Waals surface area (Å²) in [5.74, 6) is -2.79. The molecule has 4 rings (SSSR count). The van der Waals surface area contributed by atoms with Gasteiger partial charge in [0.15, 0.2) is 11.7 Å². The number of aliphatic hydroxyl groups excluding tert-OH is 3. The van der Waals surface area contributed by atoms with Crippen molar-refractivity contribution in [3.63, 3.8) is 0 Å². The standard InChI is InChI=1S/C28H30N2O10/c1-15-14-16(2)30-27(29-15)39-23(25(36)40-26-21(33)19(31)20(32)22(38-26)24(34)35)28(37-3,17-10-6-4-7-11-17)18-12-8-5-9-13-18/h4-14,19-23,26,31-33H,1-3H3,(H,34,35)/t19?,20?,21?,22?,23-,26?/m0/s1. The number of carboxylic acids is 1. The van der Waals surface area contributed by atoms with Crippen LogP contribution in [0.15, 0.2) is 66.7 Å². The summed E-state index contributed by atoms with van der Waals surface area (Å²) in [6.45, 7) is 3.44. The zero-order valence-electron chi connectivity index (χ0n) is 21.9. The lowest BCUT2D eigenvalue weighted by atomic mass is 9.81. The van der Waals surface area contributed by atoms with Gasteiger partial charge in [0.05, 0.1) is 0 Å². The predicted octanol–water partition coefficient (Wildman–Crippen LogP) is 0.866. The minimum Gasteiger partial charge on any atom is -0.479 e. The van der Waals surface area contributed by atoms with E-state index in [4.69, 9.17) is 18.9 Å². The highest BCUT2D eigenvalue weighted by Crippen LogP contribution is 2.39. The van der Waals surface area contributed by atoms with Gasteiger partial charge in [-0.2, -0.15) is 0 Å². The first-order valence-corrected chi connectivity index (χ1v) is 12.4. The molecule has 0 radical (unpaired) electrons. The van der Waals surface area contributed by atoms with E-state index in [0.717, 1.165) is 0 Å². The maximum Gasteiger partial charge on any atom is 0.353 e. The summed E-state index contributed by atoms with van der Waals surface area (Å²) in [7, 11) is 1.37. The fourth-order valence-corrected chi connectivity index (χ4v) is 4.66. The van der Waals surface area contributed by atoms with E-state index in [1.54, 1.807) is 80.6 Å². The monoisotopic (exact) mass is 554 g/mol. The zero-order valence-corrected chi connectivity index (χ0v) is 21.9. The van der Waals surface area contributed by atoms with Gasteiger partial charge >= 0.3 is 17.9 Å². The molecule has 212 valence electrons. The summed E-state index contributed by atoms with van der Waals surface area (Å²) in [6, 6.07) is 18.9. The summed E-state index contributed by atoms with van der Waals surface area (Å²) in [5.41, 5.74) is 0.414. The number of aromatic nitrogens is 2. The first-order valence-electron chi connectivity index (χ1n) is 12.4. The van der Waals surface area contributed by atoms with E-state index >= 15 is 0 Å². The number of carboxylic acid groups (broad SMARTS) is 1. The van der Waals surface area contributed by atoms with Gasteiger partial charge in [-0.05, 0) is 31.0 Å². The van der Waals surface area contributed by atoms with E-state index in [1.807, 2.05) is 0 Å². The molecule has 2 heterocycles. The summed E-state index contributed by atoms with van der Waals surface area (Å²) in [6.07, 6.45) is -11.6. The van der Waals surface area contributed by atoms with Gasteiger partial charge in [0, 0.05) is 18.5 Å². The number of carbonyl (C=O) groups excluding carboxylic acids is 1. The zero-order chi connectivity index (χ0) is 29.0. The van der Waals surface area contributed by atoms with Crippen LogP contribution in [-0.2, 0) is 29.4 Å². The van der Waals surface area contributed by atoms with Gasteiger partial charge in [-0.15, -0.1) is 0 Å². The van der Waals surface area contributed by atoms with Crippen LogP contribution >= 0.6 is 0 Å². The third-order valence-corrected chi connectivity index (χ3v) is 6.54. The van der Waals surface area contributed by atoms with Crippen molar-refractivity contribution in [1.29, 1.82) is 0 Å². The lowest BCUT2D eigenvalue weighted by Gasteiger charge is -2.41. The van der Waals surface area contributed by atoms with E-state index in [2.05, 4.69) is 9.97 Å². The molecule has 1 aliphatic rings. The Labute approximate surface area is 229 Å². The first kappa shape index (κ1) is 29.1. The SMILES string of the molecule is COC(c1ccccc1)(c1ccccc1)[C@@H](Oc1nc(C)cc(C)n1)C(=O)OC1OC(C(=O)O)C(O)C(O)C1O. The van der Waals surface area contributed by atoms with Gasteiger partial charge in [-0.3, -0.25) is 0 Å². The minimum atomic E-state index is -1.98. The Morgan fingerprint density at radius 2 is 1.40 bits per heavy atom. The molecule has 0 saturated carbocycles. The van der Waals surface area contributed by atoms with Crippen LogP contribution in [0.2, 0.25) is 0 Å². The number of nitrogens with zero attached hydrogens (tertiary/aromatic N) is 2. The van der Waals surface area contributed by atoms with Crippen molar-refractivity contribution in [3.05, 3.63) is 89.2 Å². The minimum absolute atomic E-state index is 0.170. The van der Waals surface area contributed by atoms with E-state index < -0.39 is 54.3 Å². The van der Waals surface area contributed by atoms with Crippen molar-refractivity contribution < 1.29 is 49.0 Å². The highest BCUT2D eigenvalue weighted by atomic mass is 16.7. The highest BCUT2D eigenvalue weighted by molar-refractivity contribution is 5.79. The number of methoxy groups -OCH3 is 1. The lowest BCUT2D eigenvalue weighted by Crippen LogP contribution is -2.61. The van der Waals surface area contributed by atoms with Gasteiger partial charge in [-0.25, -0.2) is 19.6 Å².